The third-order valence-corrected chi connectivity index (χ3v) is 3.97. The lowest BCUT2D eigenvalue weighted by atomic mass is 10.1. The highest BCUT2D eigenvalue weighted by atomic mass is 16.5. The number of nitrogens with zero attached hydrogens (tertiary/aromatic N) is 1. The van der Waals surface area contributed by atoms with Gasteiger partial charge in [0.2, 0.25) is 5.91 Å². The van der Waals surface area contributed by atoms with Gasteiger partial charge in [-0.3, -0.25) is 14.4 Å². The number of esters is 1. The second kappa shape index (κ2) is 6.76. The van der Waals surface area contributed by atoms with Crippen LogP contribution < -0.4 is 15.0 Å². The third kappa shape index (κ3) is 3.38. The summed E-state index contributed by atoms with van der Waals surface area (Å²) in [4.78, 5) is 37.4. The molecule has 0 saturated carbocycles. The Morgan fingerprint density at radius 2 is 1.96 bits per heavy atom. The van der Waals surface area contributed by atoms with Gasteiger partial charge in [0.15, 0.2) is 0 Å². The molecule has 0 fully saturated rings. The van der Waals surface area contributed by atoms with Gasteiger partial charge in [0.05, 0.1) is 12.0 Å². The van der Waals surface area contributed by atoms with Gasteiger partial charge < -0.3 is 15.0 Å². The van der Waals surface area contributed by atoms with Gasteiger partial charge in [-0.2, -0.15) is 0 Å². The average Bonchev–Trinajstić information content (AvgIpc) is 2.88. The minimum atomic E-state index is -0.490. The van der Waals surface area contributed by atoms with Crippen molar-refractivity contribution in [2.45, 2.75) is 20.3 Å². The van der Waals surface area contributed by atoms with Crippen molar-refractivity contribution in [1.82, 2.24) is 0 Å². The van der Waals surface area contributed by atoms with Gasteiger partial charge in [0, 0.05) is 24.8 Å². The van der Waals surface area contributed by atoms with Crippen molar-refractivity contribution < 1.29 is 19.1 Å². The molecule has 1 aliphatic rings. The fraction of sp³-hybridized carbons (Fsp3) is 0.211. The summed E-state index contributed by atoms with van der Waals surface area (Å²) >= 11 is 0. The molecule has 128 valence electrons. The zero-order chi connectivity index (χ0) is 18.0. The number of likely N-dealkylation sites (N-methyl/N-ethyl adjacent to an activating group) is 1. The summed E-state index contributed by atoms with van der Waals surface area (Å²) in [5.41, 5.74) is 2.63. The molecule has 0 atom stereocenters. The first-order valence-corrected chi connectivity index (χ1v) is 8.01. The van der Waals surface area contributed by atoms with Crippen LogP contribution in [0.3, 0.4) is 0 Å². The monoisotopic (exact) mass is 338 g/mol. The highest BCUT2D eigenvalue weighted by molar-refractivity contribution is 6.07. The van der Waals surface area contributed by atoms with Gasteiger partial charge in [-0.25, -0.2) is 0 Å². The molecule has 0 bridgehead atoms. The van der Waals surface area contributed by atoms with E-state index < -0.39 is 5.97 Å². The summed E-state index contributed by atoms with van der Waals surface area (Å²) in [6.07, 6.45) is 0.330. The molecule has 3 rings (SSSR count). The Kier molecular flexibility index (Phi) is 4.52. The molecule has 2 aromatic carbocycles. The maximum Gasteiger partial charge on any atom is 0.308 e. The number of fused-ring (bicyclic) bond motifs is 1. The Hall–Kier alpha value is -3.15. The molecule has 6 nitrogen and oxygen atoms in total. The fourth-order valence-electron chi connectivity index (χ4n) is 2.90. The van der Waals surface area contributed by atoms with Crippen molar-refractivity contribution >= 4 is 29.2 Å². The highest BCUT2D eigenvalue weighted by Crippen LogP contribution is 2.31. The molecule has 2 aromatic rings. The Bertz CT molecular complexity index is 860. The van der Waals surface area contributed by atoms with Crippen LogP contribution in [0.15, 0.2) is 42.5 Å². The Morgan fingerprint density at radius 3 is 2.68 bits per heavy atom. The lowest BCUT2D eigenvalue weighted by Crippen LogP contribution is -2.25. The molecule has 0 spiro atoms. The van der Waals surface area contributed by atoms with E-state index in [2.05, 4.69) is 5.32 Å². The van der Waals surface area contributed by atoms with Gasteiger partial charge in [-0.1, -0.05) is 12.1 Å². The van der Waals surface area contributed by atoms with E-state index >= 15 is 0 Å². The van der Waals surface area contributed by atoms with E-state index in [9.17, 15) is 14.4 Å². The average molecular weight is 338 g/mol. The number of para-hydroxylation sites is 1. The molecule has 2 amide bonds. The van der Waals surface area contributed by atoms with E-state index in [0.717, 1.165) is 11.3 Å². The smallest absolute Gasteiger partial charge is 0.308 e. The first-order valence-electron chi connectivity index (χ1n) is 8.01. The quantitative estimate of drug-likeness (QED) is 0.687. The van der Waals surface area contributed by atoms with Crippen molar-refractivity contribution in [3.05, 3.63) is 53.6 Å². The van der Waals surface area contributed by atoms with Crippen LogP contribution in [0.5, 0.6) is 5.75 Å². The number of hydrogen-bond acceptors (Lipinski definition) is 4. The summed E-state index contributed by atoms with van der Waals surface area (Å²) in [6, 6.07) is 11.9. The van der Waals surface area contributed by atoms with Crippen molar-refractivity contribution in [2.24, 2.45) is 0 Å². The lowest BCUT2D eigenvalue weighted by Gasteiger charge is -2.15. The normalized spacial score (nSPS) is 12.7. The zero-order valence-electron chi connectivity index (χ0n) is 14.0. The Labute approximate surface area is 145 Å². The van der Waals surface area contributed by atoms with Crippen LogP contribution in [0, 0.1) is 0 Å². The molecule has 1 N–H and O–H groups in total. The van der Waals surface area contributed by atoms with Crippen LogP contribution in [0.25, 0.3) is 0 Å². The van der Waals surface area contributed by atoms with E-state index in [4.69, 9.17) is 4.74 Å². The second-order valence-electron chi connectivity index (χ2n) is 5.70. The van der Waals surface area contributed by atoms with Gasteiger partial charge in [-0.15, -0.1) is 0 Å². The lowest BCUT2D eigenvalue weighted by molar-refractivity contribution is -0.131. The highest BCUT2D eigenvalue weighted by Gasteiger charge is 2.26. The molecule has 25 heavy (non-hydrogen) atoms. The number of carbonyl (C=O) groups excluding carboxylic acids is 3. The minimum Gasteiger partial charge on any atom is -0.426 e. The van der Waals surface area contributed by atoms with Crippen LogP contribution in [0.4, 0.5) is 11.4 Å². The van der Waals surface area contributed by atoms with E-state index in [1.54, 1.807) is 41.3 Å². The number of anilines is 2. The molecule has 0 radical (unpaired) electrons. The van der Waals surface area contributed by atoms with Gasteiger partial charge in [0.25, 0.3) is 5.91 Å². The van der Waals surface area contributed by atoms with Crippen molar-refractivity contribution in [3.8, 4) is 5.75 Å². The number of nitrogens with one attached hydrogen (secondary N) is 1. The summed E-state index contributed by atoms with van der Waals surface area (Å²) < 4.78 is 5.07. The topological polar surface area (TPSA) is 75.7 Å². The molecule has 1 heterocycles. The standard InChI is InChI=1S/C19H18N2O4/c1-3-21-16-9-8-14(10-13(16)11-18(21)23)20-19(24)15-6-4-5-7-17(15)25-12(2)22/h4-10H,3,11H2,1-2H3,(H,20,24). The summed E-state index contributed by atoms with van der Waals surface area (Å²) in [7, 11) is 0. The SMILES string of the molecule is CCN1C(=O)Cc2cc(NC(=O)c3ccccc3OC(C)=O)ccc21. The predicted octanol–water partition coefficient (Wildman–Crippen LogP) is 2.77. The largest absolute Gasteiger partial charge is 0.426 e. The number of benzene rings is 2. The molecule has 0 unspecified atom stereocenters. The molecular formula is C19H18N2O4. The number of hydrogen-bond donors (Lipinski definition) is 1. The van der Waals surface area contributed by atoms with Crippen LogP contribution in [-0.4, -0.2) is 24.3 Å². The Morgan fingerprint density at radius 1 is 1.20 bits per heavy atom. The van der Waals surface area contributed by atoms with Crippen LogP contribution in [0.1, 0.15) is 29.8 Å². The fourth-order valence-corrected chi connectivity index (χ4v) is 2.90. The first kappa shape index (κ1) is 16.7. The van der Waals surface area contributed by atoms with Gasteiger partial charge in [0.1, 0.15) is 5.75 Å². The number of ether oxygens (including phenoxy) is 1. The van der Waals surface area contributed by atoms with E-state index in [1.807, 2.05) is 13.0 Å². The van der Waals surface area contributed by atoms with Gasteiger partial charge >= 0.3 is 5.97 Å². The van der Waals surface area contributed by atoms with E-state index in [0.29, 0.717) is 18.7 Å². The van der Waals surface area contributed by atoms with Gasteiger partial charge in [-0.05, 0) is 42.8 Å². The number of amides is 2. The van der Waals surface area contributed by atoms with Crippen molar-refractivity contribution in [1.29, 1.82) is 0 Å². The van der Waals surface area contributed by atoms with E-state index in [-0.39, 0.29) is 23.1 Å². The Balaban J connectivity index is 1.82. The summed E-state index contributed by atoms with van der Waals surface area (Å²) in [5, 5.41) is 2.79. The molecular weight excluding hydrogens is 320 g/mol. The minimum absolute atomic E-state index is 0.0566. The number of carbonyl (C=O) groups is 3. The zero-order valence-corrected chi connectivity index (χ0v) is 14.0. The molecule has 0 saturated heterocycles. The predicted molar refractivity (Wildman–Crippen MR) is 93.9 cm³/mol. The molecule has 1 aliphatic heterocycles. The molecule has 6 heteroatoms. The maximum absolute atomic E-state index is 12.5. The van der Waals surface area contributed by atoms with E-state index in [1.165, 1.54) is 6.92 Å². The van der Waals surface area contributed by atoms with Crippen LogP contribution >= 0.6 is 0 Å². The summed E-state index contributed by atoms with van der Waals surface area (Å²) in [6.45, 7) is 3.83. The van der Waals surface area contributed by atoms with Crippen molar-refractivity contribution in [3.63, 3.8) is 0 Å². The van der Waals surface area contributed by atoms with Crippen LogP contribution in [-0.2, 0) is 16.0 Å². The van der Waals surface area contributed by atoms with Crippen molar-refractivity contribution in [2.75, 3.05) is 16.8 Å². The molecule has 0 aromatic heterocycles. The second-order valence-corrected chi connectivity index (χ2v) is 5.70. The maximum atomic E-state index is 12.5. The number of rotatable bonds is 4. The van der Waals surface area contributed by atoms with Crippen LogP contribution in [0.2, 0.25) is 0 Å². The third-order valence-electron chi connectivity index (χ3n) is 3.97. The molecule has 0 aliphatic carbocycles. The first-order chi connectivity index (χ1) is 12.0. The summed E-state index contributed by atoms with van der Waals surface area (Å²) in [5.74, 6) is -0.605.